The van der Waals surface area contributed by atoms with Crippen LogP contribution >= 0.6 is 0 Å². The highest BCUT2D eigenvalue weighted by Gasteiger charge is 2.35. The van der Waals surface area contributed by atoms with Gasteiger partial charge in [0.25, 0.3) is 0 Å². The van der Waals surface area contributed by atoms with Crippen molar-refractivity contribution in [3.05, 3.63) is 63.9 Å². The molecule has 0 bridgehead atoms. The number of hydrogen-bond donors (Lipinski definition) is 0. The summed E-state index contributed by atoms with van der Waals surface area (Å²) in [7, 11) is 0. The number of aromatic nitrogens is 3. The minimum atomic E-state index is -4.61. The first-order valence-corrected chi connectivity index (χ1v) is 6.97. The lowest BCUT2D eigenvalue weighted by molar-refractivity contribution is -0.137. The van der Waals surface area contributed by atoms with Gasteiger partial charge in [-0.05, 0) is 31.5 Å². The monoisotopic (exact) mass is 335 g/mol. The maximum absolute atomic E-state index is 13.2. The van der Waals surface area contributed by atoms with Crippen LogP contribution in [0.15, 0.2) is 46.0 Å². The Hall–Kier alpha value is -2.90. The van der Waals surface area contributed by atoms with Crippen LogP contribution in [0.2, 0.25) is 0 Å². The minimum absolute atomic E-state index is 0.243. The summed E-state index contributed by atoms with van der Waals surface area (Å²) in [4.78, 5) is 15.8. The molecule has 0 N–H and O–H groups in total. The number of pyridine rings is 1. The van der Waals surface area contributed by atoms with Crippen LogP contribution in [0.3, 0.4) is 0 Å². The molecule has 8 heteroatoms. The average molecular weight is 335 g/mol. The van der Waals surface area contributed by atoms with E-state index in [1.165, 1.54) is 0 Å². The summed E-state index contributed by atoms with van der Waals surface area (Å²) in [5, 5.41) is 3.54. The first kappa shape index (κ1) is 16.0. The van der Waals surface area contributed by atoms with E-state index in [1.54, 1.807) is 19.1 Å². The molecule has 0 radical (unpaired) electrons. The third kappa shape index (κ3) is 2.70. The number of halogens is 3. The third-order valence-corrected chi connectivity index (χ3v) is 3.57. The highest BCUT2D eigenvalue weighted by atomic mass is 19.4. The van der Waals surface area contributed by atoms with Crippen LogP contribution in [0, 0.1) is 13.8 Å². The van der Waals surface area contributed by atoms with Crippen molar-refractivity contribution < 1.29 is 17.7 Å². The Balaban J connectivity index is 2.29. The van der Waals surface area contributed by atoms with E-state index in [2.05, 4.69) is 14.7 Å². The van der Waals surface area contributed by atoms with E-state index >= 15 is 0 Å². The maximum atomic E-state index is 13.2. The summed E-state index contributed by atoms with van der Waals surface area (Å²) in [6.45, 7) is 3.62. The van der Waals surface area contributed by atoms with E-state index in [0.29, 0.717) is 11.3 Å². The quantitative estimate of drug-likeness (QED) is 0.719. The van der Waals surface area contributed by atoms with Crippen molar-refractivity contribution in [3.8, 4) is 17.1 Å². The molecule has 0 saturated heterocycles. The van der Waals surface area contributed by atoms with Gasteiger partial charge >= 0.3 is 11.9 Å². The molecule has 0 unspecified atom stereocenters. The summed E-state index contributed by atoms with van der Waals surface area (Å²) in [5.41, 5.74) is 0.803. The molecule has 0 saturated carbocycles. The molecule has 0 spiro atoms. The summed E-state index contributed by atoms with van der Waals surface area (Å²) >= 11 is 0. The molecule has 0 fully saturated rings. The lowest BCUT2D eigenvalue weighted by atomic mass is 10.1. The van der Waals surface area contributed by atoms with E-state index in [0.717, 1.165) is 28.6 Å². The molecule has 0 aliphatic rings. The molecule has 2 aromatic heterocycles. The smallest absolute Gasteiger partial charge is 0.295 e. The number of nitrogens with zero attached hydrogens (tertiary/aromatic N) is 3. The van der Waals surface area contributed by atoms with Crippen molar-refractivity contribution in [1.82, 2.24) is 14.7 Å². The zero-order chi connectivity index (χ0) is 17.5. The van der Waals surface area contributed by atoms with Gasteiger partial charge in [0.05, 0.1) is 16.8 Å². The standard InChI is InChI=1S/C16H12F3N3O2/c1-9-3-4-13(10(2)7-9)22-14(21-24-15(22)23)11-8-20-6-5-12(11)16(17,18)19/h3-8H,1-2H3. The van der Waals surface area contributed by atoms with Crippen molar-refractivity contribution >= 4 is 0 Å². The second-order valence-electron chi connectivity index (χ2n) is 5.32. The van der Waals surface area contributed by atoms with Gasteiger partial charge in [0.2, 0.25) is 0 Å². The first-order valence-electron chi connectivity index (χ1n) is 6.97. The molecular formula is C16H12F3N3O2. The number of benzene rings is 1. The fourth-order valence-electron chi connectivity index (χ4n) is 2.51. The largest absolute Gasteiger partial charge is 0.446 e. The molecule has 5 nitrogen and oxygen atoms in total. The van der Waals surface area contributed by atoms with Gasteiger partial charge < -0.3 is 0 Å². The molecule has 3 aromatic rings. The molecule has 0 aliphatic carbocycles. The second kappa shape index (κ2) is 5.63. The van der Waals surface area contributed by atoms with Crippen molar-refractivity contribution in [3.63, 3.8) is 0 Å². The molecule has 0 aliphatic heterocycles. The Morgan fingerprint density at radius 3 is 2.58 bits per heavy atom. The van der Waals surface area contributed by atoms with E-state index in [-0.39, 0.29) is 11.4 Å². The first-order chi connectivity index (χ1) is 11.3. The lowest BCUT2D eigenvalue weighted by Gasteiger charge is -2.13. The van der Waals surface area contributed by atoms with Crippen molar-refractivity contribution in [2.24, 2.45) is 0 Å². The Labute approximate surface area is 134 Å². The summed E-state index contributed by atoms with van der Waals surface area (Å²) in [6, 6.07) is 6.03. The van der Waals surface area contributed by atoms with Crippen molar-refractivity contribution in [1.29, 1.82) is 0 Å². The van der Waals surface area contributed by atoms with Crippen LogP contribution in [0.4, 0.5) is 13.2 Å². The Morgan fingerprint density at radius 2 is 1.92 bits per heavy atom. The van der Waals surface area contributed by atoms with E-state index in [4.69, 9.17) is 0 Å². The number of aryl methyl sites for hydroxylation is 2. The molecular weight excluding hydrogens is 323 g/mol. The van der Waals surface area contributed by atoms with E-state index in [9.17, 15) is 18.0 Å². The van der Waals surface area contributed by atoms with Crippen LogP contribution in [-0.4, -0.2) is 14.7 Å². The third-order valence-electron chi connectivity index (χ3n) is 3.57. The molecule has 2 heterocycles. The predicted octanol–water partition coefficient (Wildman–Crippen LogP) is 3.52. The van der Waals surface area contributed by atoms with Gasteiger partial charge in [0, 0.05) is 12.4 Å². The van der Waals surface area contributed by atoms with Crippen molar-refractivity contribution in [2.45, 2.75) is 20.0 Å². The van der Waals surface area contributed by atoms with Gasteiger partial charge in [-0.3, -0.25) is 9.51 Å². The number of rotatable bonds is 2. The van der Waals surface area contributed by atoms with Gasteiger partial charge in [0.1, 0.15) is 0 Å². The van der Waals surface area contributed by atoms with Crippen LogP contribution in [0.25, 0.3) is 17.1 Å². The Bertz CT molecular complexity index is 958. The summed E-state index contributed by atoms with van der Waals surface area (Å²) < 4.78 is 45.3. The fourth-order valence-corrected chi connectivity index (χ4v) is 2.51. The van der Waals surface area contributed by atoms with Gasteiger partial charge in [-0.15, -0.1) is 0 Å². The summed E-state index contributed by atoms with van der Waals surface area (Å²) in [6.07, 6.45) is -2.56. The highest BCUT2D eigenvalue weighted by Crippen LogP contribution is 2.36. The zero-order valence-electron chi connectivity index (χ0n) is 12.8. The normalized spacial score (nSPS) is 11.7. The SMILES string of the molecule is Cc1ccc(-n2c(-c3cnccc3C(F)(F)F)noc2=O)c(C)c1. The maximum Gasteiger partial charge on any atom is 0.446 e. The molecule has 0 amide bonds. The molecule has 3 rings (SSSR count). The van der Waals surface area contributed by atoms with Gasteiger partial charge in [-0.25, -0.2) is 9.36 Å². The van der Waals surface area contributed by atoms with Crippen LogP contribution in [0.5, 0.6) is 0 Å². The average Bonchev–Trinajstić information content (AvgIpc) is 2.88. The Kier molecular flexibility index (Phi) is 3.75. The zero-order valence-corrected chi connectivity index (χ0v) is 12.8. The van der Waals surface area contributed by atoms with E-state index < -0.39 is 17.5 Å². The van der Waals surface area contributed by atoms with Crippen LogP contribution in [0.1, 0.15) is 16.7 Å². The van der Waals surface area contributed by atoms with E-state index in [1.807, 2.05) is 13.0 Å². The molecule has 1 aromatic carbocycles. The summed E-state index contributed by atoms with van der Waals surface area (Å²) in [5.74, 6) is -1.11. The molecule has 0 atom stereocenters. The predicted molar refractivity (Wildman–Crippen MR) is 79.8 cm³/mol. The minimum Gasteiger partial charge on any atom is -0.295 e. The topological polar surface area (TPSA) is 60.9 Å². The Morgan fingerprint density at radius 1 is 1.17 bits per heavy atom. The van der Waals surface area contributed by atoms with Gasteiger partial charge in [0.15, 0.2) is 5.82 Å². The fraction of sp³-hybridized carbons (Fsp3) is 0.188. The van der Waals surface area contributed by atoms with Crippen LogP contribution in [-0.2, 0) is 6.18 Å². The number of alkyl halides is 3. The van der Waals surface area contributed by atoms with Crippen LogP contribution < -0.4 is 5.76 Å². The van der Waals surface area contributed by atoms with Gasteiger partial charge in [-0.1, -0.05) is 22.9 Å². The van der Waals surface area contributed by atoms with Crippen molar-refractivity contribution in [2.75, 3.05) is 0 Å². The highest BCUT2D eigenvalue weighted by molar-refractivity contribution is 5.62. The second-order valence-corrected chi connectivity index (χ2v) is 5.32. The lowest BCUT2D eigenvalue weighted by Crippen LogP contribution is -2.16. The number of hydrogen-bond acceptors (Lipinski definition) is 4. The van der Waals surface area contributed by atoms with Gasteiger partial charge in [-0.2, -0.15) is 13.2 Å². The molecule has 24 heavy (non-hydrogen) atoms. The molecule has 124 valence electrons.